The number of rotatable bonds is 22. The van der Waals surface area contributed by atoms with Crippen molar-refractivity contribution in [2.75, 3.05) is 6.61 Å². The summed E-state index contributed by atoms with van der Waals surface area (Å²) in [4.78, 5) is 30.9. The highest BCUT2D eigenvalue weighted by Crippen LogP contribution is 2.35. The van der Waals surface area contributed by atoms with Crippen LogP contribution in [0.4, 0.5) is 0 Å². The van der Waals surface area contributed by atoms with E-state index in [-0.39, 0.29) is 12.5 Å². The topological polar surface area (TPSA) is 95.9 Å². The van der Waals surface area contributed by atoms with Crippen LogP contribution in [0, 0.1) is 0 Å². The van der Waals surface area contributed by atoms with Gasteiger partial charge in [0.05, 0.1) is 12.6 Å². The molecule has 1 amide bonds. The number of phosphoric ester groups is 1. The Labute approximate surface area is 241 Å². The van der Waals surface area contributed by atoms with Gasteiger partial charge in [0.15, 0.2) is 0 Å². The van der Waals surface area contributed by atoms with Crippen LogP contribution in [0.3, 0.4) is 0 Å². The highest BCUT2D eigenvalue weighted by Gasteiger charge is 2.20. The average molecular weight is 572 g/mol. The van der Waals surface area contributed by atoms with Crippen LogP contribution in [0.2, 0.25) is 0 Å². The fraction of sp³-hybridized carbons (Fsp3) is 0.545. The maximum absolute atomic E-state index is 12.6. The van der Waals surface area contributed by atoms with Crippen LogP contribution < -0.4 is 5.32 Å². The van der Waals surface area contributed by atoms with Crippen molar-refractivity contribution in [3.8, 4) is 11.1 Å². The Hall–Kier alpha value is -2.24. The second-order valence-electron chi connectivity index (χ2n) is 10.7. The Morgan fingerprint density at radius 1 is 0.800 bits per heavy atom. The SMILES string of the molecule is CCCCCCCCC=CCCCCCCCC(=O)NC(COP(=O)(O)O)Cc1ccc(-c2ccccc2)cc1. The van der Waals surface area contributed by atoms with Crippen LogP contribution in [0.25, 0.3) is 11.1 Å². The molecule has 40 heavy (non-hydrogen) atoms. The van der Waals surface area contributed by atoms with E-state index in [1.54, 1.807) is 0 Å². The average Bonchev–Trinajstić information content (AvgIpc) is 2.94. The first kappa shape index (κ1) is 34.0. The predicted octanol–water partition coefficient (Wildman–Crippen LogP) is 8.53. The molecule has 222 valence electrons. The highest BCUT2D eigenvalue weighted by molar-refractivity contribution is 7.46. The van der Waals surface area contributed by atoms with Gasteiger partial charge in [-0.3, -0.25) is 9.32 Å². The van der Waals surface area contributed by atoms with E-state index in [0.717, 1.165) is 42.4 Å². The van der Waals surface area contributed by atoms with Crippen molar-refractivity contribution in [1.82, 2.24) is 5.32 Å². The van der Waals surface area contributed by atoms with Gasteiger partial charge in [0.2, 0.25) is 5.91 Å². The standard InChI is InChI=1S/C33H50NO5P/c1-2-3-4-5-6-7-8-9-10-11-12-13-14-15-19-22-33(35)34-32(28-39-40(36,37)38)27-29-23-25-31(26-24-29)30-20-17-16-18-21-30/h9-10,16-18,20-21,23-26,32H,2-8,11-15,19,22,27-28H2,1H3,(H,34,35)(H2,36,37,38). The maximum atomic E-state index is 12.6. The van der Waals surface area contributed by atoms with Gasteiger partial charge < -0.3 is 15.1 Å². The first-order valence-corrected chi connectivity index (χ1v) is 16.7. The first-order valence-electron chi connectivity index (χ1n) is 15.2. The highest BCUT2D eigenvalue weighted by atomic mass is 31.2. The number of carbonyl (C=O) groups is 1. The summed E-state index contributed by atoms with van der Waals surface area (Å²) in [6.45, 7) is 2.00. The maximum Gasteiger partial charge on any atom is 0.469 e. The van der Waals surface area contributed by atoms with Crippen LogP contribution in [-0.4, -0.2) is 28.3 Å². The van der Waals surface area contributed by atoms with Crippen LogP contribution in [0.5, 0.6) is 0 Å². The number of hydrogen-bond donors (Lipinski definition) is 3. The molecule has 0 fully saturated rings. The summed E-state index contributed by atoms with van der Waals surface area (Å²) in [5.74, 6) is -0.113. The number of hydrogen-bond acceptors (Lipinski definition) is 3. The van der Waals surface area contributed by atoms with Crippen molar-refractivity contribution in [3.63, 3.8) is 0 Å². The number of benzene rings is 2. The van der Waals surface area contributed by atoms with Crippen molar-refractivity contribution >= 4 is 13.7 Å². The van der Waals surface area contributed by atoms with E-state index in [2.05, 4.69) is 24.4 Å². The van der Waals surface area contributed by atoms with Crippen LogP contribution in [0.15, 0.2) is 66.7 Å². The predicted molar refractivity (Wildman–Crippen MR) is 165 cm³/mol. The molecule has 0 saturated carbocycles. The molecule has 0 aliphatic carbocycles. The molecule has 0 heterocycles. The van der Waals surface area contributed by atoms with Gasteiger partial charge in [-0.25, -0.2) is 4.57 Å². The molecule has 2 aromatic rings. The molecule has 3 N–H and O–H groups in total. The largest absolute Gasteiger partial charge is 0.469 e. The van der Waals surface area contributed by atoms with E-state index in [1.165, 1.54) is 57.8 Å². The lowest BCUT2D eigenvalue weighted by Gasteiger charge is -2.19. The molecule has 0 radical (unpaired) electrons. The van der Waals surface area contributed by atoms with Gasteiger partial charge in [0, 0.05) is 6.42 Å². The number of nitrogens with one attached hydrogen (secondary N) is 1. The Morgan fingerprint density at radius 2 is 1.35 bits per heavy atom. The van der Waals surface area contributed by atoms with E-state index in [0.29, 0.717) is 12.8 Å². The lowest BCUT2D eigenvalue weighted by atomic mass is 10.0. The minimum absolute atomic E-state index is 0.113. The fourth-order valence-electron chi connectivity index (χ4n) is 4.74. The lowest BCUT2D eigenvalue weighted by Crippen LogP contribution is -2.39. The molecule has 0 saturated heterocycles. The fourth-order valence-corrected chi connectivity index (χ4v) is 5.12. The van der Waals surface area contributed by atoms with E-state index in [9.17, 15) is 9.36 Å². The van der Waals surface area contributed by atoms with E-state index >= 15 is 0 Å². The Bertz CT molecular complexity index is 1000. The number of amides is 1. The summed E-state index contributed by atoms with van der Waals surface area (Å²) >= 11 is 0. The van der Waals surface area contributed by atoms with Crippen molar-refractivity contribution in [1.29, 1.82) is 0 Å². The molecular weight excluding hydrogens is 521 g/mol. The molecule has 0 aliphatic heterocycles. The minimum atomic E-state index is -4.63. The molecule has 6 nitrogen and oxygen atoms in total. The molecule has 0 aromatic heterocycles. The second-order valence-corrected chi connectivity index (χ2v) is 11.9. The summed E-state index contributed by atoms with van der Waals surface area (Å²) in [7, 11) is -4.63. The Morgan fingerprint density at radius 3 is 1.95 bits per heavy atom. The zero-order chi connectivity index (χ0) is 28.9. The summed E-state index contributed by atoms with van der Waals surface area (Å²) in [6.07, 6.45) is 21.1. The molecule has 2 aromatic carbocycles. The van der Waals surface area contributed by atoms with Crippen molar-refractivity contribution < 1.29 is 23.7 Å². The molecule has 7 heteroatoms. The zero-order valence-corrected chi connectivity index (χ0v) is 25.2. The number of unbranched alkanes of at least 4 members (excludes halogenated alkanes) is 11. The molecule has 1 unspecified atom stereocenters. The third kappa shape index (κ3) is 16.8. The van der Waals surface area contributed by atoms with Crippen molar-refractivity contribution in [3.05, 3.63) is 72.3 Å². The van der Waals surface area contributed by atoms with Gasteiger partial charge in [0.1, 0.15) is 0 Å². The zero-order valence-electron chi connectivity index (χ0n) is 24.3. The smallest absolute Gasteiger partial charge is 0.351 e. The van der Waals surface area contributed by atoms with Gasteiger partial charge in [0.25, 0.3) is 0 Å². The normalized spacial score (nSPS) is 12.6. The quantitative estimate of drug-likeness (QED) is 0.0748. The van der Waals surface area contributed by atoms with Crippen molar-refractivity contribution in [2.24, 2.45) is 0 Å². The van der Waals surface area contributed by atoms with Gasteiger partial charge in [-0.1, -0.05) is 125 Å². The molecular formula is C33H50NO5P. The van der Waals surface area contributed by atoms with Crippen LogP contribution in [-0.2, 0) is 20.3 Å². The number of phosphoric acid groups is 1. The van der Waals surface area contributed by atoms with E-state index < -0.39 is 13.9 Å². The summed E-state index contributed by atoms with van der Waals surface area (Å²) in [6, 6.07) is 17.5. The van der Waals surface area contributed by atoms with Gasteiger partial charge in [-0.05, 0) is 55.2 Å². The number of allylic oxidation sites excluding steroid dienone is 2. The van der Waals surface area contributed by atoms with E-state index in [1.807, 2.05) is 54.6 Å². The second kappa shape index (κ2) is 20.6. The summed E-state index contributed by atoms with van der Waals surface area (Å²) in [5, 5.41) is 2.92. The first-order chi connectivity index (χ1) is 19.4. The lowest BCUT2D eigenvalue weighted by molar-refractivity contribution is -0.122. The molecule has 0 aliphatic rings. The number of carbonyl (C=O) groups excluding carboxylic acids is 1. The molecule has 1 atom stereocenters. The molecule has 2 rings (SSSR count). The monoisotopic (exact) mass is 571 g/mol. The van der Waals surface area contributed by atoms with Crippen molar-refractivity contribution in [2.45, 2.75) is 109 Å². The van der Waals surface area contributed by atoms with Gasteiger partial charge >= 0.3 is 7.82 Å². The Kier molecular flexibility index (Phi) is 17.5. The van der Waals surface area contributed by atoms with Gasteiger partial charge in [-0.2, -0.15) is 0 Å². The van der Waals surface area contributed by atoms with E-state index in [4.69, 9.17) is 14.3 Å². The van der Waals surface area contributed by atoms with Gasteiger partial charge in [-0.15, -0.1) is 0 Å². The third-order valence-electron chi connectivity index (χ3n) is 7.02. The Balaban J connectivity index is 1.64. The molecule has 0 spiro atoms. The van der Waals surface area contributed by atoms with Crippen LogP contribution >= 0.6 is 7.82 Å². The molecule has 0 bridgehead atoms. The minimum Gasteiger partial charge on any atom is -0.351 e. The third-order valence-corrected chi connectivity index (χ3v) is 7.50. The summed E-state index contributed by atoms with van der Waals surface area (Å²) in [5.41, 5.74) is 3.16. The van der Waals surface area contributed by atoms with Crippen LogP contribution in [0.1, 0.15) is 102 Å². The summed E-state index contributed by atoms with van der Waals surface area (Å²) < 4.78 is 16.0.